The van der Waals surface area contributed by atoms with E-state index < -0.39 is 5.97 Å². The number of likely N-dealkylation sites (N-methyl/N-ethyl adjacent to an activating group) is 1. The molecule has 2 rings (SSSR count). The van der Waals surface area contributed by atoms with Gasteiger partial charge in [-0.25, -0.2) is 4.98 Å². The van der Waals surface area contributed by atoms with Crippen LogP contribution in [0, 0.1) is 0 Å². The normalized spacial score (nSPS) is 10.5. The van der Waals surface area contributed by atoms with Gasteiger partial charge < -0.3 is 10.0 Å². The fraction of sp³-hybridized carbons (Fsp3) is 0.357. The van der Waals surface area contributed by atoms with E-state index in [2.05, 4.69) is 4.98 Å². The molecule has 0 aliphatic carbocycles. The van der Waals surface area contributed by atoms with E-state index in [-0.39, 0.29) is 25.3 Å². The van der Waals surface area contributed by atoms with Crippen LogP contribution in [0.15, 0.2) is 22.9 Å². The predicted octanol–water partition coefficient (Wildman–Crippen LogP) is 2.74. The van der Waals surface area contributed by atoms with E-state index in [1.54, 1.807) is 16.2 Å². The number of aliphatic carboxylic acids is 1. The van der Waals surface area contributed by atoms with Crippen LogP contribution >= 0.6 is 22.7 Å². The van der Waals surface area contributed by atoms with Crippen LogP contribution in [0.1, 0.15) is 19.0 Å². The molecule has 1 amide bonds. The Bertz CT molecular complexity index is 608. The van der Waals surface area contributed by atoms with Gasteiger partial charge in [0.2, 0.25) is 5.91 Å². The second-order valence-electron chi connectivity index (χ2n) is 4.42. The fourth-order valence-electron chi connectivity index (χ4n) is 1.86. The molecule has 7 heteroatoms. The molecule has 1 N–H and O–H groups in total. The maximum absolute atomic E-state index is 12.2. The summed E-state index contributed by atoms with van der Waals surface area (Å²) in [6.45, 7) is 2.60. The first-order valence-corrected chi connectivity index (χ1v) is 8.34. The molecule has 0 bridgehead atoms. The molecule has 0 unspecified atom stereocenters. The highest BCUT2D eigenvalue weighted by Gasteiger charge is 2.15. The molecular weight excluding hydrogens is 308 g/mol. The van der Waals surface area contributed by atoms with Crippen LogP contribution in [-0.2, 0) is 16.0 Å². The van der Waals surface area contributed by atoms with Crippen LogP contribution in [0.25, 0.3) is 9.88 Å². The zero-order chi connectivity index (χ0) is 15.2. The third kappa shape index (κ3) is 4.37. The Labute approximate surface area is 130 Å². The van der Waals surface area contributed by atoms with Crippen LogP contribution in [0.2, 0.25) is 0 Å². The lowest BCUT2D eigenvalue weighted by Crippen LogP contribution is -2.34. The summed E-state index contributed by atoms with van der Waals surface area (Å²) in [6, 6.07) is 3.97. The van der Waals surface area contributed by atoms with Gasteiger partial charge >= 0.3 is 5.97 Å². The average molecular weight is 324 g/mol. The summed E-state index contributed by atoms with van der Waals surface area (Å²) < 4.78 is 0. The second kappa shape index (κ2) is 7.33. The van der Waals surface area contributed by atoms with Crippen molar-refractivity contribution in [2.24, 2.45) is 0 Å². The molecule has 0 saturated heterocycles. The van der Waals surface area contributed by atoms with Gasteiger partial charge in [0.25, 0.3) is 0 Å². The van der Waals surface area contributed by atoms with Crippen LogP contribution in [0.5, 0.6) is 0 Å². The number of aromatic nitrogens is 1. The van der Waals surface area contributed by atoms with E-state index in [9.17, 15) is 9.59 Å². The molecule has 2 aromatic heterocycles. The van der Waals surface area contributed by atoms with Gasteiger partial charge in [0, 0.05) is 18.5 Å². The first-order valence-electron chi connectivity index (χ1n) is 6.58. The molecule has 5 nitrogen and oxygen atoms in total. The SMILES string of the molecule is CCN(CCC(=O)O)C(=O)Cc1csc(-c2cccs2)n1. The molecule has 0 radical (unpaired) electrons. The zero-order valence-electron chi connectivity index (χ0n) is 11.6. The minimum absolute atomic E-state index is 0.0307. The molecule has 0 spiro atoms. The van der Waals surface area contributed by atoms with Crippen LogP contribution in [0.3, 0.4) is 0 Å². The van der Waals surface area contributed by atoms with E-state index in [4.69, 9.17) is 5.11 Å². The summed E-state index contributed by atoms with van der Waals surface area (Å²) in [5, 5.41) is 13.5. The van der Waals surface area contributed by atoms with Gasteiger partial charge in [0.05, 0.1) is 23.4 Å². The van der Waals surface area contributed by atoms with Crippen LogP contribution in [-0.4, -0.2) is 40.0 Å². The molecule has 0 aliphatic heterocycles. The maximum Gasteiger partial charge on any atom is 0.305 e. The number of thiophene rings is 1. The van der Waals surface area contributed by atoms with Crippen LogP contribution < -0.4 is 0 Å². The number of carbonyl (C=O) groups excluding carboxylic acids is 1. The van der Waals surface area contributed by atoms with Crippen molar-refractivity contribution in [1.29, 1.82) is 0 Å². The van der Waals surface area contributed by atoms with Gasteiger partial charge in [-0.2, -0.15) is 0 Å². The van der Waals surface area contributed by atoms with Crippen molar-refractivity contribution in [2.45, 2.75) is 19.8 Å². The Morgan fingerprint density at radius 1 is 1.38 bits per heavy atom. The Morgan fingerprint density at radius 3 is 2.81 bits per heavy atom. The summed E-state index contributed by atoms with van der Waals surface area (Å²) in [6.07, 6.45) is 0.187. The number of amides is 1. The first kappa shape index (κ1) is 15.7. The predicted molar refractivity (Wildman–Crippen MR) is 83.6 cm³/mol. The lowest BCUT2D eigenvalue weighted by molar-refractivity contribution is -0.138. The summed E-state index contributed by atoms with van der Waals surface area (Å²) in [4.78, 5) is 29.9. The molecule has 0 saturated carbocycles. The Balaban J connectivity index is 1.97. The second-order valence-corrected chi connectivity index (χ2v) is 6.22. The van der Waals surface area contributed by atoms with E-state index in [1.807, 2.05) is 29.8 Å². The number of carbonyl (C=O) groups is 2. The average Bonchev–Trinajstić information content (AvgIpc) is 3.09. The number of carboxylic acids is 1. The number of carboxylic acid groups (broad SMARTS) is 1. The summed E-state index contributed by atoms with van der Waals surface area (Å²) in [7, 11) is 0. The molecule has 0 atom stereocenters. The Hall–Kier alpha value is -1.73. The highest BCUT2D eigenvalue weighted by Crippen LogP contribution is 2.27. The van der Waals surface area contributed by atoms with E-state index in [0.717, 1.165) is 15.6 Å². The van der Waals surface area contributed by atoms with Gasteiger partial charge in [-0.3, -0.25) is 9.59 Å². The molecule has 0 aliphatic rings. The molecule has 2 heterocycles. The number of nitrogens with zero attached hydrogens (tertiary/aromatic N) is 2. The third-order valence-electron chi connectivity index (χ3n) is 2.95. The summed E-state index contributed by atoms with van der Waals surface area (Å²) in [5.74, 6) is -0.975. The standard InChI is InChI=1S/C14H16N2O3S2/c1-2-16(6-5-13(18)19)12(17)8-10-9-21-14(15-10)11-4-3-7-20-11/h3-4,7,9H,2,5-6,8H2,1H3,(H,18,19). The fourth-order valence-corrected chi connectivity index (χ4v) is 3.49. The van der Waals surface area contributed by atoms with Crippen molar-refractivity contribution in [3.05, 3.63) is 28.6 Å². The molecular formula is C14H16N2O3S2. The molecule has 0 fully saturated rings. The van der Waals surface area contributed by atoms with Gasteiger partial charge in [-0.15, -0.1) is 22.7 Å². The lowest BCUT2D eigenvalue weighted by atomic mass is 10.2. The maximum atomic E-state index is 12.2. The monoisotopic (exact) mass is 324 g/mol. The smallest absolute Gasteiger partial charge is 0.305 e. The lowest BCUT2D eigenvalue weighted by Gasteiger charge is -2.19. The van der Waals surface area contributed by atoms with E-state index >= 15 is 0 Å². The van der Waals surface area contributed by atoms with Gasteiger partial charge in [0.1, 0.15) is 5.01 Å². The highest BCUT2D eigenvalue weighted by molar-refractivity contribution is 7.20. The Morgan fingerprint density at radius 2 is 2.19 bits per heavy atom. The number of rotatable bonds is 7. The van der Waals surface area contributed by atoms with E-state index in [0.29, 0.717) is 6.54 Å². The van der Waals surface area contributed by atoms with Gasteiger partial charge in [0.15, 0.2) is 0 Å². The molecule has 0 aromatic carbocycles. The minimum Gasteiger partial charge on any atom is -0.481 e. The van der Waals surface area contributed by atoms with Crippen molar-refractivity contribution >= 4 is 34.6 Å². The van der Waals surface area contributed by atoms with Gasteiger partial charge in [-0.05, 0) is 18.4 Å². The number of hydrogen-bond donors (Lipinski definition) is 1. The number of hydrogen-bond acceptors (Lipinski definition) is 5. The minimum atomic E-state index is -0.894. The molecule has 2 aromatic rings. The van der Waals surface area contributed by atoms with Crippen molar-refractivity contribution in [3.63, 3.8) is 0 Å². The molecule has 21 heavy (non-hydrogen) atoms. The van der Waals surface area contributed by atoms with E-state index in [1.165, 1.54) is 11.3 Å². The van der Waals surface area contributed by atoms with Crippen LogP contribution in [0.4, 0.5) is 0 Å². The first-order chi connectivity index (χ1) is 10.1. The van der Waals surface area contributed by atoms with Crippen molar-refractivity contribution < 1.29 is 14.7 Å². The van der Waals surface area contributed by atoms with Gasteiger partial charge in [-0.1, -0.05) is 6.07 Å². The summed E-state index contributed by atoms with van der Waals surface area (Å²) in [5.41, 5.74) is 0.738. The third-order valence-corrected chi connectivity index (χ3v) is 4.88. The largest absolute Gasteiger partial charge is 0.481 e. The molecule has 112 valence electrons. The highest BCUT2D eigenvalue weighted by atomic mass is 32.1. The topological polar surface area (TPSA) is 70.5 Å². The zero-order valence-corrected chi connectivity index (χ0v) is 13.2. The van der Waals surface area contributed by atoms with Crippen molar-refractivity contribution in [3.8, 4) is 9.88 Å². The summed E-state index contributed by atoms with van der Waals surface area (Å²) >= 11 is 3.14. The number of thiazole rings is 1. The Kier molecular flexibility index (Phi) is 5.46. The van der Waals surface area contributed by atoms with Crippen molar-refractivity contribution in [1.82, 2.24) is 9.88 Å². The quantitative estimate of drug-likeness (QED) is 0.850. The van der Waals surface area contributed by atoms with Crippen molar-refractivity contribution in [2.75, 3.05) is 13.1 Å².